The molecule has 1 saturated carbocycles. The summed E-state index contributed by atoms with van der Waals surface area (Å²) in [6.45, 7) is 0. The fourth-order valence-corrected chi connectivity index (χ4v) is 2.44. The number of rotatable bonds is 6. The van der Waals surface area contributed by atoms with Crippen LogP contribution in [0, 0.1) is 5.92 Å². The van der Waals surface area contributed by atoms with Crippen molar-refractivity contribution in [3.8, 4) is 0 Å². The fraction of sp³-hybridized carbons (Fsp3) is 0.158. The van der Waals surface area contributed by atoms with Gasteiger partial charge in [-0.1, -0.05) is 0 Å². The molecule has 0 unspecified atom stereocenters. The van der Waals surface area contributed by atoms with Gasteiger partial charge in [-0.15, -0.1) is 0 Å². The number of nitrogens with one attached hydrogen (secondary N) is 2. The first-order valence-electron chi connectivity index (χ1n) is 8.17. The lowest BCUT2D eigenvalue weighted by molar-refractivity contribution is -0.117. The van der Waals surface area contributed by atoms with E-state index >= 15 is 0 Å². The number of benzene rings is 2. The zero-order valence-electron chi connectivity index (χ0n) is 14.1. The third-order valence-electron chi connectivity index (χ3n) is 4.05. The molecule has 27 heavy (non-hydrogen) atoms. The highest BCUT2D eigenvalue weighted by Gasteiger charge is 2.29. The van der Waals surface area contributed by atoms with Gasteiger partial charge in [-0.2, -0.15) is 0 Å². The van der Waals surface area contributed by atoms with Crippen LogP contribution < -0.4 is 10.6 Å². The molecule has 0 heterocycles. The molecule has 0 aliphatic heterocycles. The molecule has 0 spiro atoms. The average molecular weight is 368 g/mol. The molecule has 138 valence electrons. The van der Waals surface area contributed by atoms with Crippen molar-refractivity contribution < 1.29 is 29.4 Å². The van der Waals surface area contributed by atoms with Crippen molar-refractivity contribution in [2.45, 2.75) is 12.8 Å². The minimum absolute atomic E-state index is 0.0427. The summed E-state index contributed by atoms with van der Waals surface area (Å²) in [4.78, 5) is 46.3. The van der Waals surface area contributed by atoms with Gasteiger partial charge in [0.15, 0.2) is 0 Å². The molecule has 2 aromatic rings. The summed E-state index contributed by atoms with van der Waals surface area (Å²) in [6, 6.07) is 9.57. The highest BCUT2D eigenvalue weighted by molar-refractivity contribution is 6.06. The van der Waals surface area contributed by atoms with Crippen molar-refractivity contribution in [1.29, 1.82) is 0 Å². The predicted octanol–water partition coefficient (Wildman–Crippen LogP) is 2.68. The maximum atomic E-state index is 12.3. The van der Waals surface area contributed by atoms with Gasteiger partial charge in [-0.05, 0) is 55.3 Å². The van der Waals surface area contributed by atoms with Crippen LogP contribution in [0.5, 0.6) is 0 Å². The van der Waals surface area contributed by atoms with Crippen LogP contribution in [0.4, 0.5) is 11.4 Å². The highest BCUT2D eigenvalue weighted by Crippen LogP contribution is 2.30. The number of hydrogen-bond acceptors (Lipinski definition) is 4. The van der Waals surface area contributed by atoms with Gasteiger partial charge >= 0.3 is 11.9 Å². The molecular formula is C19H16N2O6. The van der Waals surface area contributed by atoms with E-state index in [4.69, 9.17) is 10.2 Å². The molecule has 1 aliphatic carbocycles. The largest absolute Gasteiger partial charge is 0.478 e. The third-order valence-corrected chi connectivity index (χ3v) is 4.05. The Balaban J connectivity index is 1.73. The van der Waals surface area contributed by atoms with E-state index in [2.05, 4.69) is 10.6 Å². The summed E-state index contributed by atoms with van der Waals surface area (Å²) in [5.74, 6) is -3.11. The molecule has 2 aromatic carbocycles. The lowest BCUT2D eigenvalue weighted by Crippen LogP contribution is -2.15. The molecule has 0 bridgehead atoms. The Morgan fingerprint density at radius 2 is 1.30 bits per heavy atom. The first-order chi connectivity index (χ1) is 12.8. The maximum Gasteiger partial charge on any atom is 0.335 e. The monoisotopic (exact) mass is 368 g/mol. The second-order valence-electron chi connectivity index (χ2n) is 6.20. The summed E-state index contributed by atoms with van der Waals surface area (Å²) in [5, 5.41) is 23.4. The van der Waals surface area contributed by atoms with Crippen molar-refractivity contribution in [1.82, 2.24) is 0 Å². The summed E-state index contributed by atoms with van der Waals surface area (Å²) in [5.41, 5.74) is 0.414. The van der Waals surface area contributed by atoms with Gasteiger partial charge in [-0.25, -0.2) is 9.59 Å². The molecule has 0 atom stereocenters. The van der Waals surface area contributed by atoms with Crippen molar-refractivity contribution in [3.63, 3.8) is 0 Å². The van der Waals surface area contributed by atoms with Crippen LogP contribution in [0.3, 0.4) is 0 Å². The van der Waals surface area contributed by atoms with E-state index in [1.807, 2.05) is 0 Å². The molecule has 0 saturated heterocycles. The smallest absolute Gasteiger partial charge is 0.335 e. The molecule has 4 N–H and O–H groups in total. The number of carbonyl (C=O) groups is 4. The molecule has 1 fully saturated rings. The standard InChI is InChI=1S/C19H16N2O6/c22-16(10-1-2-10)20-14-5-3-11(4-6-14)17(23)21-15-8-12(18(24)25)7-13(9-15)19(26)27/h3-10H,1-2H2,(H,20,22)(H,21,23)(H,24,25)(H,26,27). The van der Waals surface area contributed by atoms with Crippen LogP contribution in [-0.4, -0.2) is 34.0 Å². The third kappa shape index (κ3) is 4.49. The van der Waals surface area contributed by atoms with Crippen LogP contribution in [0.2, 0.25) is 0 Å². The number of amides is 2. The number of carboxylic acid groups (broad SMARTS) is 2. The SMILES string of the molecule is O=C(O)c1cc(NC(=O)c2ccc(NC(=O)C3CC3)cc2)cc(C(=O)O)c1. The normalized spacial score (nSPS) is 12.9. The van der Waals surface area contributed by atoms with E-state index in [1.165, 1.54) is 24.3 Å². The molecule has 0 aromatic heterocycles. The Kier molecular flexibility index (Phi) is 4.89. The van der Waals surface area contributed by atoms with Crippen molar-refractivity contribution >= 4 is 35.1 Å². The summed E-state index contributed by atoms with van der Waals surface area (Å²) in [6.07, 6.45) is 1.78. The van der Waals surface area contributed by atoms with Gasteiger partial charge in [0.1, 0.15) is 0 Å². The number of carbonyl (C=O) groups excluding carboxylic acids is 2. The van der Waals surface area contributed by atoms with Gasteiger partial charge in [0.25, 0.3) is 5.91 Å². The first-order valence-corrected chi connectivity index (χ1v) is 8.17. The van der Waals surface area contributed by atoms with E-state index in [9.17, 15) is 19.2 Å². The van der Waals surface area contributed by atoms with Gasteiger partial charge in [0.2, 0.25) is 5.91 Å². The fourth-order valence-electron chi connectivity index (χ4n) is 2.44. The molecular weight excluding hydrogens is 352 g/mol. The Morgan fingerprint density at radius 3 is 1.78 bits per heavy atom. The van der Waals surface area contributed by atoms with E-state index in [1.54, 1.807) is 12.1 Å². The Morgan fingerprint density at radius 1 is 0.741 bits per heavy atom. The zero-order chi connectivity index (χ0) is 19.6. The van der Waals surface area contributed by atoms with Gasteiger partial charge in [0.05, 0.1) is 11.1 Å². The summed E-state index contributed by atoms with van der Waals surface area (Å²) in [7, 11) is 0. The zero-order valence-corrected chi connectivity index (χ0v) is 14.1. The number of hydrogen-bond donors (Lipinski definition) is 4. The molecule has 1 aliphatic rings. The van der Waals surface area contributed by atoms with Gasteiger partial charge in [0, 0.05) is 22.9 Å². The molecule has 8 nitrogen and oxygen atoms in total. The second kappa shape index (κ2) is 7.28. The van der Waals surface area contributed by atoms with E-state index in [0.29, 0.717) is 5.69 Å². The molecule has 3 rings (SSSR count). The average Bonchev–Trinajstić information content (AvgIpc) is 3.47. The number of aromatic carboxylic acids is 2. The van der Waals surface area contributed by atoms with Crippen LogP contribution in [0.1, 0.15) is 43.9 Å². The lowest BCUT2D eigenvalue weighted by Gasteiger charge is -2.09. The lowest BCUT2D eigenvalue weighted by atomic mass is 10.1. The Labute approximate surface area is 153 Å². The van der Waals surface area contributed by atoms with E-state index < -0.39 is 17.8 Å². The Hall–Kier alpha value is -3.68. The highest BCUT2D eigenvalue weighted by atomic mass is 16.4. The summed E-state index contributed by atoms with van der Waals surface area (Å²) < 4.78 is 0. The van der Waals surface area contributed by atoms with Crippen LogP contribution >= 0.6 is 0 Å². The van der Waals surface area contributed by atoms with Gasteiger partial charge < -0.3 is 20.8 Å². The quantitative estimate of drug-likeness (QED) is 0.620. The minimum Gasteiger partial charge on any atom is -0.478 e. The minimum atomic E-state index is -1.30. The summed E-state index contributed by atoms with van der Waals surface area (Å²) >= 11 is 0. The molecule has 2 amide bonds. The van der Waals surface area contributed by atoms with Crippen molar-refractivity contribution in [3.05, 3.63) is 59.2 Å². The molecule has 8 heteroatoms. The Bertz CT molecular complexity index is 899. The van der Waals surface area contributed by atoms with E-state index in [-0.39, 0.29) is 34.2 Å². The number of carboxylic acids is 2. The van der Waals surface area contributed by atoms with E-state index in [0.717, 1.165) is 18.9 Å². The first kappa shape index (κ1) is 18.1. The van der Waals surface area contributed by atoms with Crippen LogP contribution in [0.25, 0.3) is 0 Å². The van der Waals surface area contributed by atoms with Crippen LogP contribution in [0.15, 0.2) is 42.5 Å². The topological polar surface area (TPSA) is 133 Å². The van der Waals surface area contributed by atoms with Crippen molar-refractivity contribution in [2.24, 2.45) is 5.92 Å². The van der Waals surface area contributed by atoms with Crippen molar-refractivity contribution in [2.75, 3.05) is 10.6 Å². The molecule has 0 radical (unpaired) electrons. The van der Waals surface area contributed by atoms with Crippen LogP contribution in [-0.2, 0) is 4.79 Å². The predicted molar refractivity (Wildman–Crippen MR) is 96.1 cm³/mol. The van der Waals surface area contributed by atoms with Gasteiger partial charge in [-0.3, -0.25) is 9.59 Å². The number of anilines is 2. The second-order valence-corrected chi connectivity index (χ2v) is 6.20. The maximum absolute atomic E-state index is 12.3.